The van der Waals surface area contributed by atoms with Crippen LogP contribution in [0.15, 0.2) is 6.33 Å². The van der Waals surface area contributed by atoms with Crippen LogP contribution in [0.25, 0.3) is 0 Å². The first kappa shape index (κ1) is 11.6. The molecule has 0 aromatic carbocycles. The Labute approximate surface area is 105 Å². The summed E-state index contributed by atoms with van der Waals surface area (Å²) in [5.74, 6) is 0.0856. The van der Waals surface area contributed by atoms with Crippen LogP contribution < -0.4 is 0 Å². The third kappa shape index (κ3) is 2.22. The zero-order chi connectivity index (χ0) is 12.4. The van der Waals surface area contributed by atoms with E-state index >= 15 is 0 Å². The maximum absolute atomic E-state index is 12.3. The van der Waals surface area contributed by atoms with E-state index in [1.807, 2.05) is 4.90 Å². The number of tetrazole rings is 1. The number of hydrogen-bond acceptors (Lipinski definition) is 5. The van der Waals surface area contributed by atoms with Crippen molar-refractivity contribution >= 4 is 5.91 Å². The molecule has 1 amide bonds. The Hall–Kier alpha value is -1.50. The van der Waals surface area contributed by atoms with Crippen LogP contribution in [0.4, 0.5) is 0 Å². The third-order valence-electron chi connectivity index (χ3n) is 3.74. The molecule has 1 saturated heterocycles. The number of carbonyl (C=O) groups is 1. The van der Waals surface area contributed by atoms with Crippen molar-refractivity contribution in [2.24, 2.45) is 0 Å². The van der Waals surface area contributed by atoms with Gasteiger partial charge in [-0.2, -0.15) is 0 Å². The lowest BCUT2D eigenvalue weighted by atomic mass is 9.90. The number of hydrogen-bond donors (Lipinski definition) is 0. The molecule has 1 aliphatic heterocycles. The van der Waals surface area contributed by atoms with Gasteiger partial charge in [0.15, 0.2) is 0 Å². The van der Waals surface area contributed by atoms with Crippen molar-refractivity contribution in [3.63, 3.8) is 0 Å². The number of nitrogens with zero attached hydrogens (tertiary/aromatic N) is 5. The van der Waals surface area contributed by atoms with Crippen molar-refractivity contribution in [2.75, 3.05) is 13.2 Å². The maximum atomic E-state index is 12.3. The average Bonchev–Trinajstić information content (AvgIpc) is 2.91. The normalized spacial score (nSPS) is 27.9. The molecule has 1 aromatic rings. The van der Waals surface area contributed by atoms with E-state index in [1.165, 1.54) is 23.9 Å². The highest BCUT2D eigenvalue weighted by atomic mass is 16.5. The molecule has 1 saturated carbocycles. The maximum Gasteiger partial charge on any atom is 0.244 e. The fourth-order valence-corrected chi connectivity index (χ4v) is 2.89. The van der Waals surface area contributed by atoms with Gasteiger partial charge in [0.1, 0.15) is 12.9 Å². The standard InChI is InChI=1S/C11H17N5O2/c17-11(7-15-8-12-13-14-15)16-5-6-18-10-4-2-1-3-9(10)16/h8-10H,1-7H2. The second kappa shape index (κ2) is 5.01. The third-order valence-corrected chi connectivity index (χ3v) is 3.74. The minimum atomic E-state index is 0.0856. The van der Waals surface area contributed by atoms with Crippen molar-refractivity contribution in [1.82, 2.24) is 25.1 Å². The summed E-state index contributed by atoms with van der Waals surface area (Å²) in [6.07, 6.45) is 6.20. The van der Waals surface area contributed by atoms with Gasteiger partial charge in [-0.3, -0.25) is 4.79 Å². The smallest absolute Gasteiger partial charge is 0.244 e. The van der Waals surface area contributed by atoms with Crippen molar-refractivity contribution in [1.29, 1.82) is 0 Å². The van der Waals surface area contributed by atoms with Gasteiger partial charge in [0.25, 0.3) is 0 Å². The number of morpholine rings is 1. The van der Waals surface area contributed by atoms with E-state index in [0.29, 0.717) is 13.2 Å². The van der Waals surface area contributed by atoms with E-state index in [4.69, 9.17) is 4.74 Å². The van der Waals surface area contributed by atoms with E-state index in [2.05, 4.69) is 15.5 Å². The lowest BCUT2D eigenvalue weighted by Crippen LogP contribution is -2.55. The Kier molecular flexibility index (Phi) is 3.22. The zero-order valence-electron chi connectivity index (χ0n) is 10.2. The molecular weight excluding hydrogens is 234 g/mol. The van der Waals surface area contributed by atoms with Crippen LogP contribution >= 0.6 is 0 Å². The number of ether oxygens (including phenoxy) is 1. The number of aromatic nitrogens is 4. The Morgan fingerprint density at radius 1 is 1.39 bits per heavy atom. The zero-order valence-corrected chi connectivity index (χ0v) is 10.2. The van der Waals surface area contributed by atoms with E-state index < -0.39 is 0 Å². The molecule has 3 rings (SSSR count). The molecule has 2 heterocycles. The highest BCUT2D eigenvalue weighted by Gasteiger charge is 2.36. The fraction of sp³-hybridized carbons (Fsp3) is 0.818. The molecule has 98 valence electrons. The van der Waals surface area contributed by atoms with Crippen LogP contribution in [0, 0.1) is 0 Å². The van der Waals surface area contributed by atoms with Crippen LogP contribution in [0.3, 0.4) is 0 Å². The van der Waals surface area contributed by atoms with Crippen molar-refractivity contribution in [3.8, 4) is 0 Å². The van der Waals surface area contributed by atoms with Gasteiger partial charge in [-0.15, -0.1) is 5.10 Å². The molecule has 1 aromatic heterocycles. The summed E-state index contributed by atoms with van der Waals surface area (Å²) < 4.78 is 7.22. The van der Waals surface area contributed by atoms with Crippen LogP contribution in [0.2, 0.25) is 0 Å². The van der Waals surface area contributed by atoms with Gasteiger partial charge < -0.3 is 9.64 Å². The average molecular weight is 251 g/mol. The van der Waals surface area contributed by atoms with Crippen LogP contribution in [0.5, 0.6) is 0 Å². The Morgan fingerprint density at radius 3 is 3.11 bits per heavy atom. The summed E-state index contributed by atoms with van der Waals surface area (Å²) in [6, 6.07) is 0.247. The quantitative estimate of drug-likeness (QED) is 0.730. The van der Waals surface area contributed by atoms with Gasteiger partial charge in [-0.25, -0.2) is 4.68 Å². The first-order chi connectivity index (χ1) is 8.84. The first-order valence-electron chi connectivity index (χ1n) is 6.46. The van der Waals surface area contributed by atoms with Gasteiger partial charge in [0, 0.05) is 6.54 Å². The van der Waals surface area contributed by atoms with Gasteiger partial charge in [-0.1, -0.05) is 12.8 Å². The largest absolute Gasteiger partial charge is 0.374 e. The summed E-state index contributed by atoms with van der Waals surface area (Å²) in [4.78, 5) is 14.2. The van der Waals surface area contributed by atoms with Crippen LogP contribution in [-0.2, 0) is 16.1 Å². The van der Waals surface area contributed by atoms with Crippen molar-refractivity contribution in [2.45, 2.75) is 44.4 Å². The minimum absolute atomic E-state index is 0.0856. The minimum Gasteiger partial charge on any atom is -0.374 e. The van der Waals surface area contributed by atoms with Gasteiger partial charge >= 0.3 is 0 Å². The number of rotatable bonds is 2. The number of amides is 1. The molecule has 0 radical (unpaired) electrons. The second-order valence-corrected chi connectivity index (χ2v) is 4.86. The highest BCUT2D eigenvalue weighted by Crippen LogP contribution is 2.28. The fourth-order valence-electron chi connectivity index (χ4n) is 2.89. The van der Waals surface area contributed by atoms with E-state index in [1.54, 1.807) is 0 Å². The molecule has 2 aliphatic rings. The lowest BCUT2D eigenvalue weighted by Gasteiger charge is -2.43. The first-order valence-corrected chi connectivity index (χ1v) is 6.46. The van der Waals surface area contributed by atoms with Gasteiger partial charge in [0.05, 0.1) is 18.8 Å². The molecule has 0 N–H and O–H groups in total. The molecule has 18 heavy (non-hydrogen) atoms. The van der Waals surface area contributed by atoms with Gasteiger partial charge in [0.2, 0.25) is 5.91 Å². The summed E-state index contributed by atoms with van der Waals surface area (Å²) in [5, 5.41) is 10.8. The predicted molar refractivity (Wildman–Crippen MR) is 61.5 cm³/mol. The number of fused-ring (bicyclic) bond motifs is 1. The highest BCUT2D eigenvalue weighted by molar-refractivity contribution is 5.76. The monoisotopic (exact) mass is 251 g/mol. The Bertz CT molecular complexity index is 406. The van der Waals surface area contributed by atoms with Crippen LogP contribution in [0.1, 0.15) is 25.7 Å². The molecule has 2 fully saturated rings. The van der Waals surface area contributed by atoms with E-state index in [-0.39, 0.29) is 24.6 Å². The van der Waals surface area contributed by atoms with Crippen LogP contribution in [-0.4, -0.2) is 56.3 Å². The molecule has 2 unspecified atom stereocenters. The van der Waals surface area contributed by atoms with E-state index in [0.717, 1.165) is 12.8 Å². The van der Waals surface area contributed by atoms with E-state index in [9.17, 15) is 4.79 Å². The molecule has 7 nitrogen and oxygen atoms in total. The summed E-state index contributed by atoms with van der Waals surface area (Å²) in [7, 11) is 0. The molecular formula is C11H17N5O2. The number of carbonyl (C=O) groups excluding carboxylic acids is 1. The van der Waals surface area contributed by atoms with Crippen molar-refractivity contribution < 1.29 is 9.53 Å². The SMILES string of the molecule is O=C(Cn1cnnn1)N1CCOC2CCCCC21. The van der Waals surface area contributed by atoms with Crippen molar-refractivity contribution in [3.05, 3.63) is 6.33 Å². The lowest BCUT2D eigenvalue weighted by molar-refractivity contribution is -0.150. The molecule has 0 spiro atoms. The molecule has 2 atom stereocenters. The predicted octanol–water partition coefficient (Wildman–Crippen LogP) is -0.157. The molecule has 0 bridgehead atoms. The topological polar surface area (TPSA) is 73.1 Å². The Morgan fingerprint density at radius 2 is 2.28 bits per heavy atom. The second-order valence-electron chi connectivity index (χ2n) is 4.86. The molecule has 1 aliphatic carbocycles. The summed E-state index contributed by atoms with van der Waals surface area (Å²) in [6.45, 7) is 1.54. The summed E-state index contributed by atoms with van der Waals surface area (Å²) in [5.41, 5.74) is 0. The van der Waals surface area contributed by atoms with Gasteiger partial charge in [-0.05, 0) is 23.3 Å². The molecule has 7 heteroatoms. The Balaban J connectivity index is 1.68. The summed E-state index contributed by atoms with van der Waals surface area (Å²) >= 11 is 0.